The fourth-order valence-electron chi connectivity index (χ4n) is 6.32. The minimum atomic E-state index is -1.25. The average Bonchev–Trinajstić information content (AvgIpc) is 3.44. The number of likely N-dealkylation sites (tertiary alicyclic amines) is 1. The van der Waals surface area contributed by atoms with Gasteiger partial charge in [-0.1, -0.05) is 59.6 Å². The number of benzene rings is 1. The van der Waals surface area contributed by atoms with Gasteiger partial charge in [-0.15, -0.1) is 6.58 Å². The summed E-state index contributed by atoms with van der Waals surface area (Å²) in [6.45, 7) is 9.50. The zero-order valence-corrected chi connectivity index (χ0v) is 23.7. The number of alkyl halides is 1. The molecule has 2 amide bonds. The van der Waals surface area contributed by atoms with Crippen LogP contribution >= 0.6 is 27.5 Å². The van der Waals surface area contributed by atoms with Crippen molar-refractivity contribution < 1.29 is 29.0 Å². The zero-order valence-electron chi connectivity index (χ0n) is 21.3. The summed E-state index contributed by atoms with van der Waals surface area (Å²) < 4.78 is 11.9. The molecule has 0 aromatic heterocycles. The smallest absolute Gasteiger partial charge is 0.312 e. The number of nitrogens with zero attached hydrogens (tertiary/aromatic N) is 2. The highest BCUT2D eigenvalue weighted by atomic mass is 79.9. The second kappa shape index (κ2) is 11.0. The van der Waals surface area contributed by atoms with Crippen LogP contribution < -0.4 is 4.90 Å². The lowest BCUT2D eigenvalue weighted by Gasteiger charge is -2.40. The Morgan fingerprint density at radius 1 is 1.41 bits per heavy atom. The van der Waals surface area contributed by atoms with E-state index in [9.17, 15) is 19.5 Å². The molecule has 0 aliphatic carbocycles. The molecule has 0 radical (unpaired) electrons. The predicted molar refractivity (Wildman–Crippen MR) is 144 cm³/mol. The van der Waals surface area contributed by atoms with Gasteiger partial charge in [0, 0.05) is 11.4 Å². The number of hydrogen-bond donors (Lipinski definition) is 1. The molecule has 3 unspecified atom stereocenters. The minimum absolute atomic E-state index is 0.147. The Bertz CT molecular complexity index is 1070. The van der Waals surface area contributed by atoms with Crippen molar-refractivity contribution in [3.05, 3.63) is 41.9 Å². The Labute approximate surface area is 231 Å². The molecule has 3 aliphatic heterocycles. The van der Waals surface area contributed by atoms with Crippen LogP contribution in [0, 0.1) is 17.8 Å². The molecular formula is C27H34BrClN2O6. The number of aliphatic hydroxyl groups excluding tert-OH is 1. The fraction of sp³-hybridized carbons (Fsp3) is 0.593. The third-order valence-corrected chi connectivity index (χ3v) is 8.75. The van der Waals surface area contributed by atoms with Gasteiger partial charge in [-0.3, -0.25) is 14.4 Å². The third kappa shape index (κ3) is 4.62. The second-order valence-corrected chi connectivity index (χ2v) is 11.9. The molecule has 7 atom stereocenters. The van der Waals surface area contributed by atoms with Crippen molar-refractivity contribution in [3.63, 3.8) is 0 Å². The number of esters is 1. The third-order valence-electron chi connectivity index (χ3n) is 7.59. The molecule has 37 heavy (non-hydrogen) atoms. The van der Waals surface area contributed by atoms with Gasteiger partial charge in [-0.25, -0.2) is 0 Å². The number of rotatable bonds is 10. The van der Waals surface area contributed by atoms with E-state index in [-0.39, 0.29) is 36.4 Å². The molecule has 3 heterocycles. The highest BCUT2D eigenvalue weighted by Crippen LogP contribution is 2.61. The highest BCUT2D eigenvalue weighted by molar-refractivity contribution is 9.09. The van der Waals surface area contributed by atoms with Crippen molar-refractivity contribution in [1.82, 2.24) is 4.90 Å². The summed E-state index contributed by atoms with van der Waals surface area (Å²) in [7, 11) is 0. The topological polar surface area (TPSA) is 96.4 Å². The molecule has 8 nitrogen and oxygen atoms in total. The second-order valence-electron chi connectivity index (χ2n) is 10.3. The average molecular weight is 598 g/mol. The number of halogens is 2. The first-order valence-corrected chi connectivity index (χ1v) is 14.0. The van der Waals surface area contributed by atoms with Gasteiger partial charge in [0.15, 0.2) is 0 Å². The van der Waals surface area contributed by atoms with E-state index >= 15 is 0 Å². The van der Waals surface area contributed by atoms with Crippen LogP contribution in [-0.4, -0.2) is 76.2 Å². The monoisotopic (exact) mass is 596 g/mol. The number of carbonyl (C=O) groups excluding carboxylic acids is 3. The SMILES string of the molecule is C=CCN(C(=O)C1N([C@@H](CO)CC(C)C)C(=O)[C@@H]2[C@@H](C(=O)OCC)[C@@H]3OC12CC3Br)c1ccccc1Cl. The molecule has 10 heteroatoms. The van der Waals surface area contributed by atoms with Gasteiger partial charge in [0.05, 0.1) is 47.9 Å². The summed E-state index contributed by atoms with van der Waals surface area (Å²) in [6, 6.07) is 5.28. The Morgan fingerprint density at radius 3 is 2.70 bits per heavy atom. The van der Waals surface area contributed by atoms with Crippen LogP contribution in [0.25, 0.3) is 0 Å². The largest absolute Gasteiger partial charge is 0.466 e. The highest BCUT2D eigenvalue weighted by Gasteiger charge is 2.77. The van der Waals surface area contributed by atoms with Crippen molar-refractivity contribution in [2.24, 2.45) is 17.8 Å². The number of para-hydroxylation sites is 1. The Kier molecular flexibility index (Phi) is 8.38. The minimum Gasteiger partial charge on any atom is -0.466 e. The first-order chi connectivity index (χ1) is 17.6. The lowest BCUT2D eigenvalue weighted by molar-refractivity contribution is -0.155. The van der Waals surface area contributed by atoms with E-state index in [2.05, 4.69) is 22.5 Å². The molecule has 1 N–H and O–H groups in total. The molecular weight excluding hydrogens is 564 g/mol. The summed E-state index contributed by atoms with van der Waals surface area (Å²) in [4.78, 5) is 44.5. The number of carbonyl (C=O) groups is 3. The quantitative estimate of drug-likeness (QED) is 0.252. The molecule has 202 valence electrons. The number of anilines is 1. The van der Waals surface area contributed by atoms with E-state index in [1.54, 1.807) is 37.3 Å². The molecule has 3 aliphatic rings. The van der Waals surface area contributed by atoms with Gasteiger partial charge in [0.25, 0.3) is 5.91 Å². The fourth-order valence-corrected chi connectivity index (χ4v) is 7.50. The lowest BCUT2D eigenvalue weighted by atomic mass is 9.70. The Balaban J connectivity index is 1.86. The van der Waals surface area contributed by atoms with E-state index in [1.165, 1.54) is 9.80 Å². The molecule has 3 fully saturated rings. The summed E-state index contributed by atoms with van der Waals surface area (Å²) in [5.74, 6) is -2.86. The molecule has 1 aromatic carbocycles. The summed E-state index contributed by atoms with van der Waals surface area (Å²) >= 11 is 10.1. The first-order valence-electron chi connectivity index (χ1n) is 12.7. The van der Waals surface area contributed by atoms with Crippen LogP contribution in [0.4, 0.5) is 5.69 Å². The number of ether oxygens (including phenoxy) is 2. The Morgan fingerprint density at radius 2 is 2.11 bits per heavy atom. The van der Waals surface area contributed by atoms with Crippen LogP contribution in [0.15, 0.2) is 36.9 Å². The van der Waals surface area contributed by atoms with Gasteiger partial charge < -0.3 is 24.4 Å². The normalized spacial score (nSPS) is 30.9. The zero-order chi connectivity index (χ0) is 27.1. The molecule has 1 spiro atoms. The predicted octanol–water partition coefficient (Wildman–Crippen LogP) is 3.58. The van der Waals surface area contributed by atoms with Gasteiger partial charge in [0.1, 0.15) is 11.6 Å². The standard InChI is InChI=1S/C27H34BrClN2O6/c1-5-11-30(19-10-8-7-9-18(19)29)25(34)23-27-13-17(28)22(37-27)20(26(35)36-6-2)21(27)24(33)31(23)16(14-32)12-15(3)4/h5,7-10,15-17,20-23,32H,1,6,11-14H2,2-4H3/t16-,17?,20-,21+,22-,23?,27?/m1/s1. The van der Waals surface area contributed by atoms with E-state index in [1.807, 2.05) is 13.8 Å². The van der Waals surface area contributed by atoms with Crippen LogP contribution in [-0.2, 0) is 23.9 Å². The van der Waals surface area contributed by atoms with Gasteiger partial charge in [-0.05, 0) is 37.8 Å². The molecule has 0 saturated carbocycles. The van der Waals surface area contributed by atoms with E-state index in [4.69, 9.17) is 21.1 Å². The van der Waals surface area contributed by atoms with Crippen LogP contribution in [0.5, 0.6) is 0 Å². The van der Waals surface area contributed by atoms with Crippen LogP contribution in [0.2, 0.25) is 5.02 Å². The van der Waals surface area contributed by atoms with Crippen molar-refractivity contribution >= 4 is 51.0 Å². The van der Waals surface area contributed by atoms with Crippen molar-refractivity contribution in [2.45, 2.75) is 62.2 Å². The summed E-state index contributed by atoms with van der Waals surface area (Å²) in [5, 5.41) is 10.8. The molecule has 1 aromatic rings. The maximum Gasteiger partial charge on any atom is 0.312 e. The van der Waals surface area contributed by atoms with Crippen molar-refractivity contribution in [1.29, 1.82) is 0 Å². The van der Waals surface area contributed by atoms with Crippen LogP contribution in [0.3, 0.4) is 0 Å². The van der Waals surface area contributed by atoms with E-state index < -0.39 is 47.5 Å². The molecule has 2 bridgehead atoms. The molecule has 4 rings (SSSR count). The van der Waals surface area contributed by atoms with Crippen LogP contribution in [0.1, 0.15) is 33.6 Å². The van der Waals surface area contributed by atoms with Gasteiger partial charge in [0.2, 0.25) is 5.91 Å². The van der Waals surface area contributed by atoms with E-state index in [0.717, 1.165) is 0 Å². The van der Waals surface area contributed by atoms with Gasteiger partial charge >= 0.3 is 5.97 Å². The summed E-state index contributed by atoms with van der Waals surface area (Å²) in [6.07, 6.45) is 1.84. The maximum absolute atomic E-state index is 14.5. The summed E-state index contributed by atoms with van der Waals surface area (Å²) in [5.41, 5.74) is -0.772. The first kappa shape index (κ1) is 28.1. The number of fused-ring (bicyclic) bond motifs is 1. The van der Waals surface area contributed by atoms with Crippen molar-refractivity contribution in [2.75, 3.05) is 24.7 Å². The number of hydrogen-bond acceptors (Lipinski definition) is 6. The maximum atomic E-state index is 14.5. The number of amides is 2. The van der Waals surface area contributed by atoms with Gasteiger partial charge in [-0.2, -0.15) is 0 Å². The number of aliphatic hydroxyl groups is 1. The Hall–Kier alpha value is -1.94. The molecule has 3 saturated heterocycles. The van der Waals surface area contributed by atoms with E-state index in [0.29, 0.717) is 23.6 Å². The lowest BCUT2D eigenvalue weighted by Crippen LogP contribution is -2.59. The van der Waals surface area contributed by atoms with Crippen molar-refractivity contribution in [3.8, 4) is 0 Å².